The molecule has 1 fully saturated rings. The summed E-state index contributed by atoms with van der Waals surface area (Å²) in [6.45, 7) is 8.01. The van der Waals surface area contributed by atoms with Gasteiger partial charge < -0.3 is 14.6 Å². The van der Waals surface area contributed by atoms with Crippen LogP contribution in [0.5, 0.6) is 0 Å². The number of ether oxygens (including phenoxy) is 1. The highest BCUT2D eigenvalue weighted by atomic mass is 16.5. The molecule has 0 aliphatic carbocycles. The third-order valence-corrected chi connectivity index (χ3v) is 7.24. The molecule has 3 unspecified atom stereocenters. The molecule has 1 aliphatic heterocycles. The number of ketones is 1. The summed E-state index contributed by atoms with van der Waals surface area (Å²) in [5.41, 5.74) is 6.73. The molecule has 5 rings (SSSR count). The van der Waals surface area contributed by atoms with Crippen LogP contribution in [0.15, 0.2) is 72.8 Å². The molecule has 3 aromatic carbocycles. The zero-order valence-electron chi connectivity index (χ0n) is 21.2. The fraction of sp³-hybridized carbons (Fsp3) is 0.333. The monoisotopic (exact) mass is 482 g/mol. The first-order valence-corrected chi connectivity index (χ1v) is 12.7. The maximum absolute atomic E-state index is 14.0. The number of fused-ring (bicyclic) bond motifs is 1. The van der Waals surface area contributed by atoms with Crippen molar-refractivity contribution in [1.82, 2.24) is 14.5 Å². The largest absolute Gasteiger partial charge is 0.368 e. The molecule has 6 nitrogen and oxygen atoms in total. The van der Waals surface area contributed by atoms with E-state index in [1.807, 2.05) is 33.4 Å². The molecule has 2 N–H and O–H groups in total. The van der Waals surface area contributed by atoms with Crippen LogP contribution in [0.25, 0.3) is 11.0 Å². The van der Waals surface area contributed by atoms with Gasteiger partial charge in [-0.25, -0.2) is 0 Å². The minimum absolute atomic E-state index is 0.00664. The highest BCUT2D eigenvalue weighted by Gasteiger charge is 2.33. The molecule has 0 saturated carbocycles. The Kier molecular flexibility index (Phi) is 6.90. The van der Waals surface area contributed by atoms with E-state index < -0.39 is 12.1 Å². The predicted molar refractivity (Wildman–Crippen MR) is 142 cm³/mol. The van der Waals surface area contributed by atoms with Crippen LogP contribution in [-0.2, 0) is 16.0 Å². The molecule has 4 aromatic rings. The summed E-state index contributed by atoms with van der Waals surface area (Å²) in [4.78, 5) is 14.0. The van der Waals surface area contributed by atoms with Crippen LogP contribution in [0.3, 0.4) is 0 Å². The first-order chi connectivity index (χ1) is 17.4. The fourth-order valence-corrected chi connectivity index (χ4v) is 5.15. The highest BCUT2D eigenvalue weighted by Crippen LogP contribution is 2.27. The summed E-state index contributed by atoms with van der Waals surface area (Å²) in [5.74, 6) is 0.00664. The van der Waals surface area contributed by atoms with Crippen molar-refractivity contribution in [2.45, 2.75) is 45.4 Å². The topological polar surface area (TPSA) is 72.0 Å². The van der Waals surface area contributed by atoms with Crippen LogP contribution in [0.1, 0.15) is 41.3 Å². The van der Waals surface area contributed by atoms with Gasteiger partial charge in [-0.3, -0.25) is 14.8 Å². The maximum atomic E-state index is 14.0. The second-order valence-corrected chi connectivity index (χ2v) is 9.81. The van der Waals surface area contributed by atoms with Crippen molar-refractivity contribution in [3.8, 4) is 0 Å². The Morgan fingerprint density at radius 2 is 1.58 bits per heavy atom. The van der Waals surface area contributed by atoms with Crippen molar-refractivity contribution >= 4 is 16.8 Å². The highest BCUT2D eigenvalue weighted by molar-refractivity contribution is 5.89. The number of carbonyl (C=O) groups is 1. The number of hydrogen-bond acceptors (Lipinski definition) is 4. The second-order valence-electron chi connectivity index (χ2n) is 9.81. The van der Waals surface area contributed by atoms with Crippen molar-refractivity contribution < 1.29 is 9.53 Å². The van der Waals surface area contributed by atoms with Crippen LogP contribution in [0.4, 0.5) is 0 Å². The van der Waals surface area contributed by atoms with E-state index in [1.54, 1.807) is 0 Å². The third-order valence-electron chi connectivity index (χ3n) is 7.24. The van der Waals surface area contributed by atoms with Crippen molar-refractivity contribution in [3.63, 3.8) is 0 Å². The molecule has 2 heterocycles. The van der Waals surface area contributed by atoms with Crippen LogP contribution < -0.4 is 10.9 Å². The molecule has 1 aliphatic rings. The lowest BCUT2D eigenvalue weighted by molar-refractivity contribution is -0.135. The lowest BCUT2D eigenvalue weighted by Gasteiger charge is -2.27. The number of imidazole rings is 1. The van der Waals surface area contributed by atoms with Crippen molar-refractivity contribution in [2.75, 3.05) is 19.7 Å². The van der Waals surface area contributed by atoms with Gasteiger partial charge in [0.2, 0.25) is 5.62 Å². The Balaban J connectivity index is 1.65. The van der Waals surface area contributed by atoms with Crippen LogP contribution >= 0.6 is 0 Å². The second kappa shape index (κ2) is 10.2. The minimum atomic E-state index is -0.554. The standard InChI is InChI=1S/C30H34N4O2/c1-20-8-12-23(13-9-20)18-27(29(35)28-19-32-16-17-36-28)34-26-7-5-4-6-25(26)33(30(34)31)22(3)24-14-10-21(2)11-15-24/h4-15,22,27-28,31-32H,16-19H2,1-3H3. The molecule has 0 radical (unpaired) electrons. The van der Waals surface area contributed by atoms with Crippen molar-refractivity contribution in [2.24, 2.45) is 0 Å². The molecule has 0 amide bonds. The van der Waals surface area contributed by atoms with E-state index in [2.05, 4.69) is 74.6 Å². The van der Waals surface area contributed by atoms with E-state index in [9.17, 15) is 10.2 Å². The number of aryl methyl sites for hydroxylation is 2. The van der Waals surface area contributed by atoms with E-state index in [0.717, 1.165) is 28.7 Å². The summed E-state index contributed by atoms with van der Waals surface area (Å²) in [6, 6.07) is 24.2. The molecule has 1 saturated heterocycles. The third kappa shape index (κ3) is 4.66. The Morgan fingerprint density at radius 1 is 0.972 bits per heavy atom. The van der Waals surface area contributed by atoms with E-state index in [0.29, 0.717) is 25.2 Å². The number of nitrogens with one attached hydrogen (secondary N) is 2. The van der Waals surface area contributed by atoms with Crippen LogP contribution in [0, 0.1) is 19.3 Å². The Labute approximate surface area is 212 Å². The number of carbonyl (C=O) groups excluding carboxylic acids is 1. The van der Waals surface area contributed by atoms with Gasteiger partial charge in [0.1, 0.15) is 12.1 Å². The molecular weight excluding hydrogens is 448 g/mol. The summed E-state index contributed by atoms with van der Waals surface area (Å²) in [7, 11) is 0. The summed E-state index contributed by atoms with van der Waals surface area (Å²) in [5, 5.41) is 12.6. The number of benzene rings is 3. The van der Waals surface area contributed by atoms with Crippen molar-refractivity contribution in [1.29, 1.82) is 5.41 Å². The average molecular weight is 483 g/mol. The number of morpholine rings is 1. The summed E-state index contributed by atoms with van der Waals surface area (Å²) >= 11 is 0. The van der Waals surface area contributed by atoms with Gasteiger partial charge in [-0.05, 0) is 44.0 Å². The number of nitrogens with zero attached hydrogens (tertiary/aromatic N) is 2. The van der Waals surface area contributed by atoms with Gasteiger partial charge in [0.05, 0.1) is 23.7 Å². The van der Waals surface area contributed by atoms with Gasteiger partial charge in [-0.2, -0.15) is 0 Å². The number of aromatic nitrogens is 2. The zero-order valence-corrected chi connectivity index (χ0v) is 21.2. The Bertz CT molecular complexity index is 1410. The lowest BCUT2D eigenvalue weighted by Crippen LogP contribution is -2.47. The molecule has 1 aromatic heterocycles. The predicted octanol–water partition coefficient (Wildman–Crippen LogP) is 4.49. The minimum Gasteiger partial charge on any atom is -0.368 e. The number of rotatable bonds is 7. The van der Waals surface area contributed by atoms with Crippen LogP contribution in [-0.4, -0.2) is 40.7 Å². The van der Waals surface area contributed by atoms with Gasteiger partial charge in [-0.15, -0.1) is 0 Å². The number of Topliss-reactive ketones (excluding diaryl/α,β-unsaturated/α-hetero) is 1. The zero-order chi connectivity index (χ0) is 25.2. The smallest absolute Gasteiger partial charge is 0.204 e. The average Bonchev–Trinajstić information content (AvgIpc) is 3.20. The van der Waals surface area contributed by atoms with Gasteiger partial charge >= 0.3 is 0 Å². The maximum Gasteiger partial charge on any atom is 0.204 e. The molecule has 186 valence electrons. The molecule has 0 spiro atoms. The molecule has 36 heavy (non-hydrogen) atoms. The summed E-state index contributed by atoms with van der Waals surface area (Å²) in [6.07, 6.45) is -0.0275. The fourth-order valence-electron chi connectivity index (χ4n) is 5.15. The number of hydrogen-bond donors (Lipinski definition) is 2. The quantitative estimate of drug-likeness (QED) is 0.408. The van der Waals surface area contributed by atoms with Gasteiger partial charge in [0.25, 0.3) is 0 Å². The molecule has 6 heteroatoms. The summed E-state index contributed by atoms with van der Waals surface area (Å²) < 4.78 is 9.85. The normalized spacial score (nSPS) is 17.7. The first kappa shape index (κ1) is 24.2. The Hall–Kier alpha value is -3.48. The molecule has 3 atom stereocenters. The van der Waals surface area contributed by atoms with Crippen molar-refractivity contribution in [3.05, 3.63) is 101 Å². The molecule has 0 bridgehead atoms. The van der Waals surface area contributed by atoms with Gasteiger partial charge in [0, 0.05) is 19.5 Å². The first-order valence-electron chi connectivity index (χ1n) is 12.7. The lowest BCUT2D eigenvalue weighted by atomic mass is 9.97. The SMILES string of the molecule is Cc1ccc(CC(C(=O)C2CNCCO2)n2c(=N)n(C(C)c3ccc(C)cc3)c3ccccc32)cc1. The van der Waals surface area contributed by atoms with E-state index in [4.69, 9.17) is 4.74 Å². The van der Waals surface area contributed by atoms with Crippen LogP contribution in [0.2, 0.25) is 0 Å². The van der Waals surface area contributed by atoms with Gasteiger partial charge in [0.15, 0.2) is 5.78 Å². The number of para-hydroxylation sites is 2. The molecular formula is C30H34N4O2. The van der Waals surface area contributed by atoms with Gasteiger partial charge in [-0.1, -0.05) is 71.8 Å². The van der Waals surface area contributed by atoms with E-state index in [1.165, 1.54) is 11.1 Å². The van der Waals surface area contributed by atoms with E-state index >= 15 is 0 Å². The van der Waals surface area contributed by atoms with E-state index in [-0.39, 0.29) is 11.8 Å². The Morgan fingerprint density at radius 3 is 2.19 bits per heavy atom.